The quantitative estimate of drug-likeness (QED) is 0.766. The molecule has 0 radical (unpaired) electrons. The lowest BCUT2D eigenvalue weighted by Crippen LogP contribution is -2.64. The van der Waals surface area contributed by atoms with Gasteiger partial charge in [0.1, 0.15) is 11.3 Å². The molecule has 3 aliphatic rings. The average molecular weight is 408 g/mol. The Balaban J connectivity index is 1.43. The third kappa shape index (κ3) is 3.47. The molecule has 1 aromatic carbocycles. The van der Waals surface area contributed by atoms with Crippen LogP contribution in [0.3, 0.4) is 0 Å². The van der Waals surface area contributed by atoms with Gasteiger partial charge in [0, 0.05) is 25.2 Å². The maximum Gasteiger partial charge on any atom is 0.259 e. The molecule has 2 aromatic rings. The number of carbonyl (C=O) groups is 1. The first-order chi connectivity index (χ1) is 14.7. The van der Waals surface area contributed by atoms with Gasteiger partial charge >= 0.3 is 0 Å². The van der Waals surface area contributed by atoms with Crippen molar-refractivity contribution in [2.75, 3.05) is 19.6 Å². The van der Waals surface area contributed by atoms with Crippen LogP contribution in [0.15, 0.2) is 34.9 Å². The van der Waals surface area contributed by atoms with Crippen LogP contribution in [-0.4, -0.2) is 52.6 Å². The van der Waals surface area contributed by atoms with Crippen molar-refractivity contribution in [1.82, 2.24) is 15.0 Å². The molecule has 30 heavy (non-hydrogen) atoms. The van der Waals surface area contributed by atoms with Gasteiger partial charge < -0.3 is 9.42 Å². The summed E-state index contributed by atoms with van der Waals surface area (Å²) in [5, 5.41) is 4.13. The highest BCUT2D eigenvalue weighted by Gasteiger charge is 2.48. The van der Waals surface area contributed by atoms with E-state index in [9.17, 15) is 4.79 Å². The Bertz CT molecular complexity index is 893. The van der Waals surface area contributed by atoms with Gasteiger partial charge in [-0.3, -0.25) is 9.69 Å². The molecule has 4 atom stereocenters. The number of benzene rings is 1. The van der Waals surface area contributed by atoms with E-state index >= 15 is 0 Å². The number of aryl methyl sites for hydroxylation is 2. The molecule has 0 spiro atoms. The Labute approximate surface area is 179 Å². The number of hydrogen-bond acceptors (Lipinski definition) is 4. The number of fused-ring (bicyclic) bond motifs is 4. The molecular weight excluding hydrogens is 374 g/mol. The topological polar surface area (TPSA) is 49.6 Å². The van der Waals surface area contributed by atoms with E-state index in [4.69, 9.17) is 4.52 Å². The molecule has 5 nitrogen and oxygen atoms in total. The normalized spacial score (nSPS) is 28.9. The van der Waals surface area contributed by atoms with Crippen molar-refractivity contribution < 1.29 is 9.32 Å². The summed E-state index contributed by atoms with van der Waals surface area (Å²) in [6.07, 6.45) is 6.97. The van der Waals surface area contributed by atoms with Gasteiger partial charge in [0.05, 0.1) is 5.69 Å². The Kier molecular flexibility index (Phi) is 5.40. The predicted molar refractivity (Wildman–Crippen MR) is 116 cm³/mol. The Hall–Kier alpha value is -2.14. The molecule has 3 saturated heterocycles. The minimum Gasteiger partial charge on any atom is -0.361 e. The minimum atomic E-state index is 0.128. The molecule has 3 fully saturated rings. The van der Waals surface area contributed by atoms with Crippen molar-refractivity contribution in [3.63, 3.8) is 0 Å². The fourth-order valence-corrected chi connectivity index (χ4v) is 6.30. The average Bonchev–Trinajstić information content (AvgIpc) is 3.17. The van der Waals surface area contributed by atoms with Gasteiger partial charge in [0.2, 0.25) is 0 Å². The van der Waals surface area contributed by atoms with Gasteiger partial charge in [-0.2, -0.15) is 0 Å². The molecule has 5 rings (SSSR count). The van der Waals surface area contributed by atoms with Crippen LogP contribution >= 0.6 is 0 Å². The number of rotatable bonds is 4. The SMILES string of the molecule is CCc1noc(C)c1C(=O)N1C[C@H]2C[C@@H](C1)[C@H](Cc1ccccc1)N1CCCC[C@@H]21. The zero-order chi connectivity index (χ0) is 20.7. The van der Waals surface area contributed by atoms with E-state index in [0.717, 1.165) is 31.6 Å². The molecule has 0 aliphatic carbocycles. The van der Waals surface area contributed by atoms with E-state index in [1.54, 1.807) is 0 Å². The van der Waals surface area contributed by atoms with Crippen LogP contribution in [0.1, 0.15) is 60.0 Å². The smallest absolute Gasteiger partial charge is 0.259 e. The third-order valence-electron chi connectivity index (χ3n) is 7.68. The number of nitrogens with zero attached hydrogens (tertiary/aromatic N) is 3. The Morgan fingerprint density at radius 2 is 1.97 bits per heavy atom. The molecule has 3 aliphatic heterocycles. The molecule has 4 heterocycles. The summed E-state index contributed by atoms with van der Waals surface area (Å²) in [7, 11) is 0. The maximum atomic E-state index is 13.5. The number of piperidine rings is 3. The molecule has 1 aromatic heterocycles. The monoisotopic (exact) mass is 407 g/mol. The maximum absolute atomic E-state index is 13.5. The van der Waals surface area contributed by atoms with Gasteiger partial charge in [-0.25, -0.2) is 0 Å². The molecule has 5 heteroatoms. The van der Waals surface area contributed by atoms with Crippen molar-refractivity contribution in [3.8, 4) is 0 Å². The second kappa shape index (κ2) is 8.18. The van der Waals surface area contributed by atoms with Crippen molar-refractivity contribution >= 4 is 5.91 Å². The lowest BCUT2D eigenvalue weighted by Gasteiger charge is -2.57. The second-order valence-electron chi connectivity index (χ2n) is 9.44. The van der Waals surface area contributed by atoms with Crippen molar-refractivity contribution in [2.45, 2.75) is 64.5 Å². The predicted octanol–water partition coefficient (Wildman–Crippen LogP) is 4.10. The molecule has 0 N–H and O–H groups in total. The van der Waals surface area contributed by atoms with Crippen molar-refractivity contribution in [2.24, 2.45) is 11.8 Å². The lowest BCUT2D eigenvalue weighted by molar-refractivity contribution is -0.0642. The van der Waals surface area contributed by atoms with Crippen molar-refractivity contribution in [3.05, 3.63) is 52.9 Å². The van der Waals surface area contributed by atoms with Gasteiger partial charge in [-0.05, 0) is 63.0 Å². The summed E-state index contributed by atoms with van der Waals surface area (Å²) in [4.78, 5) is 18.5. The van der Waals surface area contributed by atoms with Crippen LogP contribution in [0, 0.1) is 18.8 Å². The van der Waals surface area contributed by atoms with Crippen LogP contribution in [0.2, 0.25) is 0 Å². The zero-order valence-electron chi connectivity index (χ0n) is 18.2. The molecule has 0 saturated carbocycles. The van der Waals surface area contributed by atoms with Crippen LogP contribution in [0.25, 0.3) is 0 Å². The molecule has 2 bridgehead atoms. The van der Waals surface area contributed by atoms with Gasteiger partial charge in [0.25, 0.3) is 5.91 Å². The first-order valence-electron chi connectivity index (χ1n) is 11.7. The second-order valence-corrected chi connectivity index (χ2v) is 9.44. The van der Waals surface area contributed by atoms with Gasteiger partial charge in [-0.1, -0.05) is 48.8 Å². The third-order valence-corrected chi connectivity index (χ3v) is 7.68. The summed E-state index contributed by atoms with van der Waals surface area (Å²) in [5.74, 6) is 1.91. The highest BCUT2D eigenvalue weighted by atomic mass is 16.5. The standard InChI is InChI=1S/C25H33N3O2/c1-3-21-24(17(2)30-26-21)25(29)27-15-19-14-20(16-27)23(13-18-9-5-4-6-10-18)28-12-8-7-11-22(19)28/h4-6,9-10,19-20,22-23H,3,7-8,11-16H2,1-2H3/t19-,20+,22+,23+/m1/s1. The Morgan fingerprint density at radius 1 is 1.17 bits per heavy atom. The fourth-order valence-electron chi connectivity index (χ4n) is 6.30. The Morgan fingerprint density at radius 3 is 2.77 bits per heavy atom. The lowest BCUT2D eigenvalue weighted by atomic mass is 9.71. The van der Waals surface area contributed by atoms with E-state index in [2.05, 4.69) is 45.3 Å². The fraction of sp³-hybridized carbons (Fsp3) is 0.600. The molecule has 1 amide bonds. The number of amides is 1. The van der Waals surface area contributed by atoms with E-state index in [1.807, 2.05) is 13.8 Å². The molecular formula is C25H33N3O2. The molecule has 0 unspecified atom stereocenters. The largest absolute Gasteiger partial charge is 0.361 e. The highest BCUT2D eigenvalue weighted by Crippen LogP contribution is 2.42. The summed E-state index contributed by atoms with van der Waals surface area (Å²) < 4.78 is 5.37. The van der Waals surface area contributed by atoms with Crippen molar-refractivity contribution in [1.29, 1.82) is 0 Å². The van der Waals surface area contributed by atoms with Gasteiger partial charge in [0.15, 0.2) is 0 Å². The van der Waals surface area contributed by atoms with E-state index < -0.39 is 0 Å². The van der Waals surface area contributed by atoms with E-state index in [0.29, 0.717) is 35.2 Å². The van der Waals surface area contributed by atoms with Crippen LogP contribution < -0.4 is 0 Å². The minimum absolute atomic E-state index is 0.128. The zero-order valence-corrected chi connectivity index (χ0v) is 18.2. The van der Waals surface area contributed by atoms with Crippen LogP contribution in [0.5, 0.6) is 0 Å². The summed E-state index contributed by atoms with van der Waals surface area (Å²) in [6, 6.07) is 12.0. The highest BCUT2D eigenvalue weighted by molar-refractivity contribution is 5.96. The molecule has 160 valence electrons. The summed E-state index contributed by atoms with van der Waals surface area (Å²) >= 11 is 0. The van der Waals surface area contributed by atoms with E-state index in [-0.39, 0.29) is 5.91 Å². The number of hydrogen-bond donors (Lipinski definition) is 0. The summed E-state index contributed by atoms with van der Waals surface area (Å²) in [5.41, 5.74) is 2.92. The first-order valence-corrected chi connectivity index (χ1v) is 11.7. The van der Waals surface area contributed by atoms with Gasteiger partial charge in [-0.15, -0.1) is 0 Å². The first kappa shape index (κ1) is 19.8. The van der Waals surface area contributed by atoms with Crippen LogP contribution in [-0.2, 0) is 12.8 Å². The van der Waals surface area contributed by atoms with Crippen LogP contribution in [0.4, 0.5) is 0 Å². The number of likely N-dealkylation sites (tertiary alicyclic amines) is 1. The number of aromatic nitrogens is 1. The van der Waals surface area contributed by atoms with E-state index in [1.165, 1.54) is 37.8 Å². The summed E-state index contributed by atoms with van der Waals surface area (Å²) in [6.45, 7) is 6.85. The number of carbonyl (C=O) groups excluding carboxylic acids is 1.